The molecule has 0 aromatic heterocycles. The molecule has 6 nitrogen and oxygen atoms in total. The minimum atomic E-state index is -0.309. The first-order chi connectivity index (χ1) is 16.0. The molecule has 0 aliphatic heterocycles. The van der Waals surface area contributed by atoms with Crippen LogP contribution in [0.5, 0.6) is 23.0 Å². The maximum Gasteiger partial charge on any atom is 0.305 e. The van der Waals surface area contributed by atoms with Crippen molar-refractivity contribution < 1.29 is 28.8 Å². The van der Waals surface area contributed by atoms with E-state index in [4.69, 9.17) is 18.9 Å². The molecule has 3 aromatic rings. The first-order valence-corrected chi connectivity index (χ1v) is 10.4. The molecule has 170 valence electrons. The van der Waals surface area contributed by atoms with Gasteiger partial charge in [-0.25, -0.2) is 0 Å². The number of benzene rings is 3. The van der Waals surface area contributed by atoms with Crippen molar-refractivity contribution in [1.29, 1.82) is 0 Å². The Morgan fingerprint density at radius 1 is 0.848 bits per heavy atom. The number of esters is 1. The van der Waals surface area contributed by atoms with Gasteiger partial charge in [-0.15, -0.1) is 0 Å². The van der Waals surface area contributed by atoms with E-state index in [1.54, 1.807) is 31.4 Å². The topological polar surface area (TPSA) is 74.2 Å². The lowest BCUT2D eigenvalue weighted by molar-refractivity contribution is -0.140. The molecule has 1 N–H and O–H groups in total. The third kappa shape index (κ3) is 6.44. The Hall–Kier alpha value is -4.11. The maximum absolute atomic E-state index is 11.5. The summed E-state index contributed by atoms with van der Waals surface area (Å²) >= 11 is 0. The molecule has 0 atom stereocenters. The van der Waals surface area contributed by atoms with E-state index in [1.165, 1.54) is 14.2 Å². The molecule has 0 saturated heterocycles. The number of methoxy groups -OCH3 is 3. The minimum Gasteiger partial charge on any atom is -0.503 e. The molecule has 33 heavy (non-hydrogen) atoms. The minimum absolute atomic E-state index is 0.0541. The third-order valence-electron chi connectivity index (χ3n) is 4.94. The standard InChI is InChI=1S/C27H26O6/c1-30-24-16-19(10-13-23(24)33-18-20-7-5-4-6-8-20)9-12-22-15-21(11-14-26(28)32-3)17-25(31-2)27(22)29/h4-8,10,13,15-17,29H,11,14,18H2,1-3H3. The van der Waals surface area contributed by atoms with Gasteiger partial charge >= 0.3 is 5.97 Å². The molecular formula is C27H26O6. The Labute approximate surface area is 193 Å². The van der Waals surface area contributed by atoms with Crippen LogP contribution in [0.3, 0.4) is 0 Å². The van der Waals surface area contributed by atoms with Crippen LogP contribution in [0.4, 0.5) is 0 Å². The molecule has 0 heterocycles. The molecule has 0 unspecified atom stereocenters. The van der Waals surface area contributed by atoms with E-state index in [1.807, 2.05) is 36.4 Å². The quantitative estimate of drug-likeness (QED) is 0.406. The summed E-state index contributed by atoms with van der Waals surface area (Å²) in [5.41, 5.74) is 2.95. The van der Waals surface area contributed by atoms with Crippen LogP contribution in [-0.2, 0) is 22.6 Å². The van der Waals surface area contributed by atoms with Crippen molar-refractivity contribution in [3.8, 4) is 34.8 Å². The van der Waals surface area contributed by atoms with Crippen LogP contribution in [0.25, 0.3) is 0 Å². The third-order valence-corrected chi connectivity index (χ3v) is 4.94. The molecule has 0 amide bonds. The van der Waals surface area contributed by atoms with Gasteiger partial charge in [0.15, 0.2) is 23.0 Å². The van der Waals surface area contributed by atoms with Crippen molar-refractivity contribution in [2.24, 2.45) is 0 Å². The van der Waals surface area contributed by atoms with Gasteiger partial charge < -0.3 is 24.1 Å². The van der Waals surface area contributed by atoms with Crippen molar-refractivity contribution in [3.05, 3.63) is 82.9 Å². The highest BCUT2D eigenvalue weighted by molar-refractivity contribution is 5.69. The number of rotatable bonds is 8. The Morgan fingerprint density at radius 2 is 1.61 bits per heavy atom. The van der Waals surface area contributed by atoms with Gasteiger partial charge in [0.05, 0.1) is 26.9 Å². The largest absolute Gasteiger partial charge is 0.503 e. The lowest BCUT2D eigenvalue weighted by Gasteiger charge is -2.11. The average Bonchev–Trinajstić information content (AvgIpc) is 2.86. The fourth-order valence-corrected chi connectivity index (χ4v) is 3.15. The Balaban J connectivity index is 1.81. The van der Waals surface area contributed by atoms with E-state index in [0.717, 1.165) is 11.1 Å². The van der Waals surface area contributed by atoms with E-state index in [0.29, 0.717) is 41.4 Å². The van der Waals surface area contributed by atoms with Crippen LogP contribution in [0, 0.1) is 11.8 Å². The van der Waals surface area contributed by atoms with Gasteiger partial charge in [0.2, 0.25) is 0 Å². The molecule has 3 aromatic carbocycles. The van der Waals surface area contributed by atoms with E-state index < -0.39 is 0 Å². The average molecular weight is 446 g/mol. The molecule has 0 saturated carbocycles. The van der Waals surface area contributed by atoms with Crippen LogP contribution in [0.15, 0.2) is 60.7 Å². The van der Waals surface area contributed by atoms with Crippen molar-refractivity contribution in [1.82, 2.24) is 0 Å². The number of aromatic hydroxyl groups is 1. The molecule has 0 radical (unpaired) electrons. The maximum atomic E-state index is 11.5. The van der Waals surface area contributed by atoms with Gasteiger partial charge in [-0.2, -0.15) is 0 Å². The highest BCUT2D eigenvalue weighted by Gasteiger charge is 2.11. The summed E-state index contributed by atoms with van der Waals surface area (Å²) in [7, 11) is 4.39. The molecule has 0 aliphatic rings. The Bertz CT molecular complexity index is 1160. The Kier molecular flexibility index (Phi) is 8.20. The summed E-state index contributed by atoms with van der Waals surface area (Å²) in [6.07, 6.45) is 0.665. The van der Waals surface area contributed by atoms with Gasteiger partial charge in [-0.1, -0.05) is 42.2 Å². The molecule has 0 aliphatic carbocycles. The number of phenols is 1. The molecule has 0 bridgehead atoms. The molecular weight excluding hydrogens is 420 g/mol. The normalized spacial score (nSPS) is 10.0. The lowest BCUT2D eigenvalue weighted by Crippen LogP contribution is -2.02. The lowest BCUT2D eigenvalue weighted by atomic mass is 10.0. The zero-order valence-electron chi connectivity index (χ0n) is 18.9. The van der Waals surface area contributed by atoms with Crippen molar-refractivity contribution in [2.45, 2.75) is 19.4 Å². The summed E-state index contributed by atoms with van der Waals surface area (Å²) in [6.45, 7) is 0.425. The summed E-state index contributed by atoms with van der Waals surface area (Å²) in [5.74, 6) is 7.13. The van der Waals surface area contributed by atoms with Crippen LogP contribution < -0.4 is 14.2 Å². The van der Waals surface area contributed by atoms with Crippen molar-refractivity contribution in [2.75, 3.05) is 21.3 Å². The van der Waals surface area contributed by atoms with Gasteiger partial charge in [-0.05, 0) is 47.9 Å². The second-order valence-corrected chi connectivity index (χ2v) is 7.16. The SMILES string of the molecule is COC(=O)CCc1cc(C#Cc2ccc(OCc3ccccc3)c(OC)c2)c(O)c(OC)c1. The number of carbonyl (C=O) groups excluding carboxylic acids is 1. The van der Waals surface area contributed by atoms with E-state index in [-0.39, 0.29) is 18.1 Å². The first kappa shape index (κ1) is 23.6. The van der Waals surface area contributed by atoms with Gasteiger partial charge in [0.1, 0.15) is 6.61 Å². The molecule has 6 heteroatoms. The highest BCUT2D eigenvalue weighted by Crippen LogP contribution is 2.32. The number of hydrogen-bond donors (Lipinski definition) is 1. The van der Waals surface area contributed by atoms with Crippen molar-refractivity contribution >= 4 is 5.97 Å². The monoisotopic (exact) mass is 446 g/mol. The van der Waals surface area contributed by atoms with E-state index in [9.17, 15) is 9.90 Å². The number of carbonyl (C=O) groups is 1. The van der Waals surface area contributed by atoms with E-state index >= 15 is 0 Å². The second-order valence-electron chi connectivity index (χ2n) is 7.16. The smallest absolute Gasteiger partial charge is 0.305 e. The molecule has 3 rings (SSSR count). The summed E-state index contributed by atoms with van der Waals surface area (Å²) in [6, 6.07) is 18.7. The fourth-order valence-electron chi connectivity index (χ4n) is 3.15. The number of hydrogen-bond acceptors (Lipinski definition) is 6. The summed E-state index contributed by atoms with van der Waals surface area (Å²) in [5, 5.41) is 10.5. The predicted octanol–water partition coefficient (Wildman–Crippen LogP) is 4.49. The van der Waals surface area contributed by atoms with Crippen LogP contribution in [0.2, 0.25) is 0 Å². The number of ether oxygens (including phenoxy) is 4. The van der Waals surface area contributed by atoms with Crippen LogP contribution >= 0.6 is 0 Å². The molecule has 0 spiro atoms. The summed E-state index contributed by atoms with van der Waals surface area (Å²) in [4.78, 5) is 11.5. The number of aryl methyl sites for hydroxylation is 1. The zero-order chi connectivity index (χ0) is 23.6. The van der Waals surface area contributed by atoms with Crippen molar-refractivity contribution in [3.63, 3.8) is 0 Å². The number of phenolic OH excluding ortho intramolecular Hbond substituents is 1. The van der Waals surface area contributed by atoms with Gasteiger partial charge in [0.25, 0.3) is 0 Å². The van der Waals surface area contributed by atoms with Gasteiger partial charge in [-0.3, -0.25) is 4.79 Å². The van der Waals surface area contributed by atoms with Crippen LogP contribution in [-0.4, -0.2) is 32.4 Å². The van der Waals surface area contributed by atoms with Crippen LogP contribution in [0.1, 0.15) is 28.7 Å². The Morgan fingerprint density at radius 3 is 2.30 bits per heavy atom. The van der Waals surface area contributed by atoms with E-state index in [2.05, 4.69) is 11.8 Å². The second kappa shape index (κ2) is 11.5. The molecule has 0 fully saturated rings. The zero-order valence-corrected chi connectivity index (χ0v) is 18.9. The highest BCUT2D eigenvalue weighted by atomic mass is 16.5. The van der Waals surface area contributed by atoms with Gasteiger partial charge in [0, 0.05) is 12.0 Å². The fraction of sp³-hybridized carbons (Fsp3) is 0.222. The predicted molar refractivity (Wildman–Crippen MR) is 125 cm³/mol. The summed E-state index contributed by atoms with van der Waals surface area (Å²) < 4.78 is 21.3. The first-order valence-electron chi connectivity index (χ1n) is 10.4.